The summed E-state index contributed by atoms with van der Waals surface area (Å²) in [6, 6.07) is 5.80. The van der Waals surface area contributed by atoms with E-state index in [2.05, 4.69) is 4.85 Å². The predicted octanol–water partition coefficient (Wildman–Crippen LogP) is 2.66. The molecular weight excluding hydrogens is 286 g/mol. The Balaban J connectivity index is 3.09. The Bertz CT molecular complexity index is 664. The zero-order valence-electron chi connectivity index (χ0n) is 12.2. The van der Waals surface area contributed by atoms with E-state index >= 15 is 0 Å². The second-order valence-electron chi connectivity index (χ2n) is 4.25. The monoisotopic (exact) mass is 305 g/mol. The summed E-state index contributed by atoms with van der Waals surface area (Å²) in [5.41, 5.74) is 6.01. The summed E-state index contributed by atoms with van der Waals surface area (Å²) in [5.74, 6) is 0. The summed E-state index contributed by atoms with van der Waals surface area (Å²) in [6.07, 6.45) is 4.66. The Morgan fingerprint density at radius 2 is 1.86 bits per heavy atom. The van der Waals surface area contributed by atoms with Crippen molar-refractivity contribution >= 4 is 15.5 Å². The van der Waals surface area contributed by atoms with Gasteiger partial charge in [-0.2, -0.15) is 0 Å². The van der Waals surface area contributed by atoms with Crippen LogP contribution in [0.4, 0.5) is 5.69 Å². The van der Waals surface area contributed by atoms with Gasteiger partial charge in [-0.05, 0) is 50.4 Å². The molecule has 0 aliphatic heterocycles. The summed E-state index contributed by atoms with van der Waals surface area (Å²) in [7, 11) is -3.80. The highest BCUT2D eigenvalue weighted by Crippen LogP contribution is 2.21. The fourth-order valence-corrected chi connectivity index (χ4v) is 2.75. The molecule has 0 aliphatic rings. The molecule has 112 valence electrons. The molecule has 0 unspecified atom stereocenters. The molecule has 5 nitrogen and oxygen atoms in total. The van der Waals surface area contributed by atoms with Crippen LogP contribution in [0.3, 0.4) is 0 Å². The maximum Gasteiger partial charge on any atom is 0.283 e. The number of rotatable bonds is 6. The molecule has 0 fully saturated rings. The molecule has 0 amide bonds. The zero-order chi connectivity index (χ0) is 15.9. The van der Waals surface area contributed by atoms with Crippen molar-refractivity contribution in [3.8, 4) is 0 Å². The summed E-state index contributed by atoms with van der Waals surface area (Å²) >= 11 is 0. The molecule has 1 aromatic rings. The number of benzene rings is 1. The van der Waals surface area contributed by atoms with Gasteiger partial charge in [-0.1, -0.05) is 6.08 Å². The van der Waals surface area contributed by atoms with Gasteiger partial charge in [0.1, 0.15) is 0 Å². The molecule has 0 radical (unpaired) electrons. The first kappa shape index (κ1) is 16.8. The SMILES string of the molecule is [C-]#[N+]/C(=C/C=C/N(CC)CC)S(=O)(=O)c1ccc(N)cc1. The Labute approximate surface area is 126 Å². The lowest BCUT2D eigenvalue weighted by molar-refractivity contribution is 0.419. The van der Waals surface area contributed by atoms with Gasteiger partial charge in [-0.15, -0.1) is 0 Å². The molecule has 0 spiro atoms. The summed E-state index contributed by atoms with van der Waals surface area (Å²) in [4.78, 5) is 5.19. The number of hydrogen-bond donors (Lipinski definition) is 1. The van der Waals surface area contributed by atoms with Crippen molar-refractivity contribution in [1.82, 2.24) is 4.90 Å². The van der Waals surface area contributed by atoms with Crippen molar-refractivity contribution in [1.29, 1.82) is 0 Å². The van der Waals surface area contributed by atoms with E-state index in [0.717, 1.165) is 13.1 Å². The molecule has 0 saturated heterocycles. The van der Waals surface area contributed by atoms with Crippen LogP contribution in [0.1, 0.15) is 13.8 Å². The maximum atomic E-state index is 12.3. The van der Waals surface area contributed by atoms with Crippen LogP contribution in [0.25, 0.3) is 4.85 Å². The van der Waals surface area contributed by atoms with Crippen LogP contribution in [0, 0.1) is 6.57 Å². The second-order valence-corrected chi connectivity index (χ2v) is 6.15. The van der Waals surface area contributed by atoms with Crippen LogP contribution in [0.5, 0.6) is 0 Å². The van der Waals surface area contributed by atoms with Crippen molar-refractivity contribution in [2.75, 3.05) is 18.8 Å². The minimum atomic E-state index is -3.80. The van der Waals surface area contributed by atoms with Gasteiger partial charge in [0.05, 0.1) is 11.5 Å². The number of nitrogens with two attached hydrogens (primary N) is 1. The van der Waals surface area contributed by atoms with Gasteiger partial charge in [-0.25, -0.2) is 13.3 Å². The number of hydrogen-bond acceptors (Lipinski definition) is 4. The van der Waals surface area contributed by atoms with E-state index < -0.39 is 9.84 Å². The Kier molecular flexibility index (Phi) is 6.00. The summed E-state index contributed by atoms with van der Waals surface area (Å²) in [5, 5.41) is -0.310. The van der Waals surface area contributed by atoms with E-state index in [0.29, 0.717) is 5.69 Å². The normalized spacial score (nSPS) is 12.3. The van der Waals surface area contributed by atoms with Crippen LogP contribution >= 0.6 is 0 Å². The van der Waals surface area contributed by atoms with E-state index in [4.69, 9.17) is 12.3 Å². The lowest BCUT2D eigenvalue weighted by Crippen LogP contribution is -2.14. The van der Waals surface area contributed by atoms with Gasteiger partial charge < -0.3 is 10.6 Å². The fraction of sp³-hybridized carbons (Fsp3) is 0.267. The van der Waals surface area contributed by atoms with Gasteiger partial charge in [-0.3, -0.25) is 0 Å². The topological polar surface area (TPSA) is 67.8 Å². The average Bonchev–Trinajstić information content (AvgIpc) is 2.48. The maximum absolute atomic E-state index is 12.3. The molecule has 2 N–H and O–H groups in total. The first-order valence-electron chi connectivity index (χ1n) is 6.56. The molecule has 0 bridgehead atoms. The molecule has 0 aliphatic carbocycles. The molecule has 0 saturated carbocycles. The summed E-state index contributed by atoms with van der Waals surface area (Å²) < 4.78 is 24.6. The quantitative estimate of drug-likeness (QED) is 0.498. The van der Waals surface area contributed by atoms with Crippen LogP contribution in [0.15, 0.2) is 52.5 Å². The first-order chi connectivity index (χ1) is 9.95. The molecule has 21 heavy (non-hydrogen) atoms. The number of nitrogen functional groups attached to an aromatic ring is 1. The third kappa shape index (κ3) is 4.36. The highest BCUT2D eigenvalue weighted by atomic mass is 32.2. The van der Waals surface area contributed by atoms with Crippen molar-refractivity contribution in [2.24, 2.45) is 0 Å². The van der Waals surface area contributed by atoms with E-state index in [1.807, 2.05) is 18.7 Å². The van der Waals surface area contributed by atoms with Crippen molar-refractivity contribution in [2.45, 2.75) is 18.7 Å². The predicted molar refractivity (Wildman–Crippen MR) is 84.8 cm³/mol. The van der Waals surface area contributed by atoms with Gasteiger partial charge >= 0.3 is 0 Å². The van der Waals surface area contributed by atoms with Crippen LogP contribution < -0.4 is 5.73 Å². The zero-order valence-corrected chi connectivity index (χ0v) is 13.0. The van der Waals surface area contributed by atoms with Gasteiger partial charge in [0.2, 0.25) is 9.84 Å². The van der Waals surface area contributed by atoms with Gasteiger partial charge in [0, 0.05) is 18.8 Å². The van der Waals surface area contributed by atoms with E-state index in [9.17, 15) is 8.42 Å². The van der Waals surface area contributed by atoms with Gasteiger partial charge in [0.25, 0.3) is 5.03 Å². The Hall–Kier alpha value is -2.26. The molecule has 1 rings (SSSR count). The standard InChI is InChI=1S/C15H19N3O2S/c1-4-18(5-2)12-6-7-15(17-3)21(19,20)14-10-8-13(16)9-11-14/h6-12H,4-5,16H2,1-2H3/b12-6+,15-7-. The largest absolute Gasteiger partial charge is 0.399 e. The fourth-order valence-electron chi connectivity index (χ4n) is 1.64. The van der Waals surface area contributed by atoms with Crippen molar-refractivity contribution < 1.29 is 8.42 Å². The van der Waals surface area contributed by atoms with E-state index in [1.54, 1.807) is 12.3 Å². The minimum Gasteiger partial charge on any atom is -0.399 e. The number of sulfone groups is 1. The van der Waals surface area contributed by atoms with Crippen LogP contribution in [-0.4, -0.2) is 26.4 Å². The van der Waals surface area contributed by atoms with E-state index in [-0.39, 0.29) is 9.92 Å². The molecule has 6 heteroatoms. The van der Waals surface area contributed by atoms with Crippen molar-refractivity contribution in [3.63, 3.8) is 0 Å². The first-order valence-corrected chi connectivity index (χ1v) is 8.04. The number of nitrogens with zero attached hydrogens (tertiary/aromatic N) is 2. The lowest BCUT2D eigenvalue weighted by Gasteiger charge is -2.13. The second kappa shape index (κ2) is 7.50. The smallest absolute Gasteiger partial charge is 0.283 e. The third-order valence-corrected chi connectivity index (χ3v) is 4.59. The van der Waals surface area contributed by atoms with Crippen LogP contribution in [-0.2, 0) is 9.84 Å². The summed E-state index contributed by atoms with van der Waals surface area (Å²) in [6.45, 7) is 12.7. The Morgan fingerprint density at radius 3 is 2.33 bits per heavy atom. The number of allylic oxidation sites excluding steroid dienone is 2. The van der Waals surface area contributed by atoms with Crippen LogP contribution in [0.2, 0.25) is 0 Å². The van der Waals surface area contributed by atoms with Gasteiger partial charge in [0.15, 0.2) is 0 Å². The highest BCUT2D eigenvalue weighted by Gasteiger charge is 2.20. The molecule has 0 atom stereocenters. The lowest BCUT2D eigenvalue weighted by atomic mass is 10.3. The minimum absolute atomic E-state index is 0.0650. The average molecular weight is 305 g/mol. The Morgan fingerprint density at radius 1 is 1.29 bits per heavy atom. The van der Waals surface area contributed by atoms with E-state index in [1.165, 1.54) is 30.3 Å². The van der Waals surface area contributed by atoms with Crippen molar-refractivity contribution in [3.05, 3.63) is 59.1 Å². The third-order valence-electron chi connectivity index (χ3n) is 2.92. The highest BCUT2D eigenvalue weighted by molar-refractivity contribution is 7.95. The molecule has 1 aromatic carbocycles. The molecule has 0 aromatic heterocycles. The number of anilines is 1. The molecular formula is C15H19N3O2S. The molecule has 0 heterocycles.